The number of sulfone groups is 1. The van der Waals surface area contributed by atoms with Gasteiger partial charge in [0.1, 0.15) is 0 Å². The average molecular weight is 260 g/mol. The van der Waals surface area contributed by atoms with Crippen molar-refractivity contribution in [2.75, 3.05) is 12.5 Å². The van der Waals surface area contributed by atoms with Crippen molar-refractivity contribution in [2.45, 2.75) is 17.9 Å². The summed E-state index contributed by atoms with van der Waals surface area (Å²) in [4.78, 5) is 10.5. The van der Waals surface area contributed by atoms with Gasteiger partial charge >= 0.3 is 5.97 Å². The maximum atomic E-state index is 11.7. The molecule has 0 bridgehead atoms. The van der Waals surface area contributed by atoms with Crippen molar-refractivity contribution < 1.29 is 27.5 Å². The van der Waals surface area contributed by atoms with Crippen LogP contribution < -0.4 is 0 Å². The third-order valence-corrected chi connectivity index (χ3v) is 3.70. The van der Waals surface area contributed by atoms with E-state index in [2.05, 4.69) is 0 Å². The molecule has 0 unspecified atom stereocenters. The van der Waals surface area contributed by atoms with Gasteiger partial charge in [0.15, 0.2) is 5.94 Å². The van der Waals surface area contributed by atoms with Crippen molar-refractivity contribution in [3.63, 3.8) is 0 Å². The molecule has 0 atom stereocenters. The first-order valence-corrected chi connectivity index (χ1v) is 6.78. The van der Waals surface area contributed by atoms with E-state index in [1.165, 1.54) is 0 Å². The van der Waals surface area contributed by atoms with Crippen LogP contribution >= 0.6 is 0 Å². The van der Waals surface area contributed by atoms with E-state index in [0.717, 1.165) is 25.0 Å². The zero-order valence-corrected chi connectivity index (χ0v) is 9.77. The Balaban J connectivity index is 1.99. The van der Waals surface area contributed by atoms with E-state index in [9.17, 15) is 13.2 Å². The molecule has 1 aliphatic carbocycles. The Hall–Kier alpha value is -1.34. The summed E-state index contributed by atoms with van der Waals surface area (Å²) in [5.41, 5.74) is 0. The van der Waals surface area contributed by atoms with Crippen LogP contribution in [0, 0.1) is 5.92 Å². The van der Waals surface area contributed by atoms with Crippen LogP contribution in [-0.4, -0.2) is 32.0 Å². The number of furan rings is 1. The van der Waals surface area contributed by atoms with Crippen molar-refractivity contribution in [3.05, 3.63) is 17.9 Å². The van der Waals surface area contributed by atoms with Gasteiger partial charge in [-0.05, 0) is 30.9 Å². The molecule has 1 aliphatic rings. The number of hydrogen-bond donors (Lipinski definition) is 1. The predicted octanol–water partition coefficient (Wildman–Crippen LogP) is 1.14. The summed E-state index contributed by atoms with van der Waals surface area (Å²) in [7, 11) is -3.69. The highest BCUT2D eigenvalue weighted by Gasteiger charge is 2.25. The number of ether oxygens (including phenoxy) is 1. The summed E-state index contributed by atoms with van der Waals surface area (Å²) in [6.07, 6.45) is 2.15. The standard InChI is InChI=1S/C10H12O6S/c11-10(12)8-3-4-9(16-8)17(13,14)6-15-5-7-1-2-7/h3-4,7H,1-2,5-6H2,(H,11,12). The van der Waals surface area contributed by atoms with Gasteiger partial charge in [-0.25, -0.2) is 13.2 Å². The molecule has 0 radical (unpaired) electrons. The maximum Gasteiger partial charge on any atom is 0.371 e. The molecule has 0 saturated heterocycles. The van der Waals surface area contributed by atoms with Crippen molar-refractivity contribution in [3.8, 4) is 0 Å². The minimum absolute atomic E-state index is 0.370. The first kappa shape index (κ1) is 12.1. The van der Waals surface area contributed by atoms with Gasteiger partial charge in [-0.2, -0.15) is 0 Å². The van der Waals surface area contributed by atoms with Crippen LogP contribution in [0.25, 0.3) is 0 Å². The lowest BCUT2D eigenvalue weighted by Crippen LogP contribution is -2.10. The van der Waals surface area contributed by atoms with E-state index >= 15 is 0 Å². The topological polar surface area (TPSA) is 93.8 Å². The maximum absolute atomic E-state index is 11.7. The van der Waals surface area contributed by atoms with Crippen LogP contribution in [0.4, 0.5) is 0 Å². The quantitative estimate of drug-likeness (QED) is 0.824. The number of hydrogen-bond acceptors (Lipinski definition) is 5. The Morgan fingerprint density at radius 2 is 2.18 bits per heavy atom. The second-order valence-electron chi connectivity index (χ2n) is 3.97. The minimum Gasteiger partial charge on any atom is -0.475 e. The second-order valence-corrected chi connectivity index (χ2v) is 5.84. The highest BCUT2D eigenvalue weighted by molar-refractivity contribution is 7.91. The van der Waals surface area contributed by atoms with E-state index in [1.54, 1.807) is 0 Å². The number of aromatic carboxylic acids is 1. The third kappa shape index (κ3) is 3.07. The lowest BCUT2D eigenvalue weighted by atomic mass is 10.5. The Labute approximate surface area is 98.1 Å². The fourth-order valence-corrected chi connectivity index (χ4v) is 2.19. The van der Waals surface area contributed by atoms with Crippen molar-refractivity contribution in [1.29, 1.82) is 0 Å². The summed E-state index contributed by atoms with van der Waals surface area (Å²) in [5, 5.41) is 8.23. The molecule has 1 aromatic rings. The summed E-state index contributed by atoms with van der Waals surface area (Å²) >= 11 is 0. The lowest BCUT2D eigenvalue weighted by molar-refractivity contribution is 0.0656. The first-order chi connectivity index (χ1) is 7.99. The molecule has 2 rings (SSSR count). The SMILES string of the molecule is O=C(O)c1ccc(S(=O)(=O)COCC2CC2)o1. The van der Waals surface area contributed by atoms with E-state index in [-0.39, 0.29) is 5.09 Å². The lowest BCUT2D eigenvalue weighted by Gasteiger charge is -2.02. The average Bonchev–Trinajstić information content (AvgIpc) is 2.92. The van der Waals surface area contributed by atoms with E-state index in [1.807, 2.05) is 0 Å². The molecular weight excluding hydrogens is 248 g/mol. The number of carbonyl (C=O) groups is 1. The van der Waals surface area contributed by atoms with Crippen LogP contribution in [0.3, 0.4) is 0 Å². The van der Waals surface area contributed by atoms with Gasteiger partial charge in [-0.15, -0.1) is 0 Å². The van der Waals surface area contributed by atoms with Gasteiger partial charge in [0.2, 0.25) is 20.7 Å². The number of rotatable bonds is 6. The Morgan fingerprint density at radius 1 is 1.47 bits per heavy atom. The summed E-state index contributed by atoms with van der Waals surface area (Å²) < 4.78 is 33.1. The predicted molar refractivity (Wildman–Crippen MR) is 56.4 cm³/mol. The molecule has 1 aromatic heterocycles. The van der Waals surface area contributed by atoms with Crippen LogP contribution in [0.1, 0.15) is 23.4 Å². The number of carboxylic acid groups (broad SMARTS) is 1. The zero-order chi connectivity index (χ0) is 12.5. The summed E-state index contributed by atoms with van der Waals surface area (Å²) in [6.45, 7) is 0.422. The third-order valence-electron chi connectivity index (χ3n) is 2.39. The molecule has 1 fully saturated rings. The molecule has 1 heterocycles. The summed E-state index contributed by atoms with van der Waals surface area (Å²) in [5.74, 6) is -1.71. The molecule has 17 heavy (non-hydrogen) atoms. The Bertz CT molecular complexity index is 511. The van der Waals surface area contributed by atoms with E-state index in [4.69, 9.17) is 14.3 Å². The summed E-state index contributed by atoms with van der Waals surface area (Å²) in [6, 6.07) is 2.23. The van der Waals surface area contributed by atoms with Crippen LogP contribution in [0.2, 0.25) is 0 Å². The van der Waals surface area contributed by atoms with Gasteiger partial charge < -0.3 is 14.3 Å². The molecule has 0 aromatic carbocycles. The van der Waals surface area contributed by atoms with Crippen molar-refractivity contribution in [1.82, 2.24) is 0 Å². The highest BCUT2D eigenvalue weighted by atomic mass is 32.2. The Kier molecular flexibility index (Phi) is 3.21. The van der Waals surface area contributed by atoms with Gasteiger partial charge in [-0.1, -0.05) is 0 Å². The van der Waals surface area contributed by atoms with Gasteiger partial charge in [-0.3, -0.25) is 0 Å². The smallest absolute Gasteiger partial charge is 0.371 e. The van der Waals surface area contributed by atoms with Crippen molar-refractivity contribution >= 4 is 15.8 Å². The van der Waals surface area contributed by atoms with E-state index in [0.29, 0.717) is 12.5 Å². The molecule has 1 N–H and O–H groups in total. The molecule has 0 spiro atoms. The minimum atomic E-state index is -3.69. The fourth-order valence-electron chi connectivity index (χ4n) is 1.27. The van der Waals surface area contributed by atoms with Gasteiger partial charge in [0.25, 0.3) is 0 Å². The van der Waals surface area contributed by atoms with Crippen molar-refractivity contribution in [2.24, 2.45) is 5.92 Å². The highest BCUT2D eigenvalue weighted by Crippen LogP contribution is 2.29. The fraction of sp³-hybridized carbons (Fsp3) is 0.500. The van der Waals surface area contributed by atoms with Gasteiger partial charge in [0, 0.05) is 0 Å². The molecule has 6 nitrogen and oxygen atoms in total. The molecule has 0 amide bonds. The van der Waals surface area contributed by atoms with Crippen LogP contribution in [-0.2, 0) is 14.6 Å². The van der Waals surface area contributed by atoms with Crippen LogP contribution in [0.15, 0.2) is 21.6 Å². The molecule has 0 aliphatic heterocycles. The molecule has 94 valence electrons. The molecular formula is C10H12O6S. The molecule has 1 saturated carbocycles. The number of carboxylic acids is 1. The largest absolute Gasteiger partial charge is 0.475 e. The van der Waals surface area contributed by atoms with E-state index < -0.39 is 27.5 Å². The normalized spacial score (nSPS) is 16.0. The molecule has 7 heteroatoms. The Morgan fingerprint density at radius 3 is 2.71 bits per heavy atom. The zero-order valence-electron chi connectivity index (χ0n) is 8.96. The first-order valence-electron chi connectivity index (χ1n) is 5.12. The van der Waals surface area contributed by atoms with Gasteiger partial charge in [0.05, 0.1) is 6.61 Å². The second kappa shape index (κ2) is 4.50. The monoisotopic (exact) mass is 260 g/mol. The van der Waals surface area contributed by atoms with Crippen LogP contribution in [0.5, 0.6) is 0 Å².